The number of Topliss-reactive ketones (excluding diaryl/α,β-unsaturated/α-hetero) is 1. The minimum Gasteiger partial charge on any atom is -0.379 e. The second-order valence-corrected chi connectivity index (χ2v) is 9.50. The topological polar surface area (TPSA) is 106 Å². The first-order valence-corrected chi connectivity index (χ1v) is 11.2. The van der Waals surface area contributed by atoms with Crippen molar-refractivity contribution in [3.8, 4) is 0 Å². The van der Waals surface area contributed by atoms with Crippen molar-refractivity contribution >= 4 is 38.2 Å². The molecule has 4 rings (SSSR count). The first-order chi connectivity index (χ1) is 13.4. The number of ketones is 1. The zero-order valence-corrected chi connectivity index (χ0v) is 16.6. The maximum Gasteiger partial charge on any atom is 0.257 e. The van der Waals surface area contributed by atoms with Gasteiger partial charge in [0, 0.05) is 25.1 Å². The second kappa shape index (κ2) is 7.70. The molecule has 8 nitrogen and oxygen atoms in total. The molecule has 0 saturated carbocycles. The van der Waals surface area contributed by atoms with Crippen LogP contribution in [0.15, 0.2) is 29.2 Å². The van der Waals surface area contributed by atoms with Crippen LogP contribution in [-0.2, 0) is 21.2 Å². The van der Waals surface area contributed by atoms with Crippen molar-refractivity contribution in [2.24, 2.45) is 0 Å². The number of morpholine rings is 1. The van der Waals surface area contributed by atoms with E-state index in [0.717, 1.165) is 18.5 Å². The van der Waals surface area contributed by atoms with Crippen LogP contribution < -0.4 is 5.32 Å². The van der Waals surface area contributed by atoms with Crippen LogP contribution in [0.25, 0.3) is 0 Å². The third kappa shape index (κ3) is 3.72. The van der Waals surface area contributed by atoms with E-state index in [0.29, 0.717) is 48.3 Å². The van der Waals surface area contributed by atoms with Gasteiger partial charge in [0.2, 0.25) is 10.0 Å². The Bertz CT molecular complexity index is 1010. The number of aromatic nitrogens is 1. The number of thiazole rings is 1. The molecule has 0 radical (unpaired) electrons. The predicted molar refractivity (Wildman–Crippen MR) is 103 cm³/mol. The van der Waals surface area contributed by atoms with Gasteiger partial charge in [0.05, 0.1) is 28.7 Å². The Morgan fingerprint density at radius 3 is 2.54 bits per heavy atom. The number of amides is 1. The van der Waals surface area contributed by atoms with Gasteiger partial charge in [-0.05, 0) is 37.1 Å². The molecule has 148 valence electrons. The SMILES string of the molecule is O=C(Nc1nc2c(s1)C(=O)CCC2)c1ccc(S(=O)(=O)N2CCOCC2)cc1. The van der Waals surface area contributed by atoms with E-state index in [-0.39, 0.29) is 10.7 Å². The lowest BCUT2D eigenvalue weighted by Gasteiger charge is -2.26. The Balaban J connectivity index is 1.48. The van der Waals surface area contributed by atoms with Crippen molar-refractivity contribution in [2.75, 3.05) is 31.6 Å². The molecule has 0 unspecified atom stereocenters. The molecule has 1 N–H and O–H groups in total. The van der Waals surface area contributed by atoms with Gasteiger partial charge in [-0.2, -0.15) is 4.31 Å². The minimum atomic E-state index is -3.60. The van der Waals surface area contributed by atoms with Crippen LogP contribution >= 0.6 is 11.3 Å². The number of hydrogen-bond donors (Lipinski definition) is 1. The zero-order valence-electron chi connectivity index (χ0n) is 15.0. The van der Waals surface area contributed by atoms with Crippen LogP contribution in [0, 0.1) is 0 Å². The number of benzene rings is 1. The molecule has 28 heavy (non-hydrogen) atoms. The van der Waals surface area contributed by atoms with Crippen LogP contribution in [-0.4, -0.2) is 55.7 Å². The highest BCUT2D eigenvalue weighted by atomic mass is 32.2. The summed E-state index contributed by atoms with van der Waals surface area (Å²) in [4.78, 5) is 29.5. The summed E-state index contributed by atoms with van der Waals surface area (Å²) in [5.41, 5.74) is 1.06. The fourth-order valence-corrected chi connectivity index (χ4v) is 5.59. The number of fused-ring (bicyclic) bond motifs is 1. The third-order valence-electron chi connectivity index (χ3n) is 4.71. The van der Waals surface area contributed by atoms with E-state index >= 15 is 0 Å². The number of carbonyl (C=O) groups excluding carboxylic acids is 2. The minimum absolute atomic E-state index is 0.0666. The quantitative estimate of drug-likeness (QED) is 0.809. The number of rotatable bonds is 4. The molecule has 1 aliphatic carbocycles. The van der Waals surface area contributed by atoms with Crippen molar-refractivity contribution in [1.29, 1.82) is 0 Å². The number of nitrogens with one attached hydrogen (secondary N) is 1. The smallest absolute Gasteiger partial charge is 0.257 e. The monoisotopic (exact) mass is 421 g/mol. The fraction of sp³-hybridized carbons (Fsp3) is 0.389. The Hall–Kier alpha value is -2.14. The van der Waals surface area contributed by atoms with Gasteiger partial charge in [-0.3, -0.25) is 14.9 Å². The molecule has 1 fully saturated rings. The largest absolute Gasteiger partial charge is 0.379 e. The van der Waals surface area contributed by atoms with Crippen LogP contribution in [0.2, 0.25) is 0 Å². The summed E-state index contributed by atoms with van der Waals surface area (Å²) in [6.45, 7) is 1.38. The molecular formula is C18H19N3O5S2. The molecule has 1 aromatic heterocycles. The molecule has 1 amide bonds. The molecule has 0 spiro atoms. The van der Waals surface area contributed by atoms with Crippen molar-refractivity contribution in [1.82, 2.24) is 9.29 Å². The van der Waals surface area contributed by atoms with Crippen molar-refractivity contribution in [3.63, 3.8) is 0 Å². The maximum absolute atomic E-state index is 12.6. The van der Waals surface area contributed by atoms with Gasteiger partial charge in [0.15, 0.2) is 10.9 Å². The molecule has 1 saturated heterocycles. The fourth-order valence-electron chi connectivity index (χ4n) is 3.21. The summed E-state index contributed by atoms with van der Waals surface area (Å²) in [5.74, 6) is -0.328. The number of hydrogen-bond acceptors (Lipinski definition) is 7. The van der Waals surface area contributed by atoms with Gasteiger partial charge < -0.3 is 4.74 Å². The highest BCUT2D eigenvalue weighted by Gasteiger charge is 2.27. The predicted octanol–water partition coefficient (Wildman–Crippen LogP) is 1.94. The summed E-state index contributed by atoms with van der Waals surface area (Å²) in [6.07, 6.45) is 2.03. The van der Waals surface area contributed by atoms with Gasteiger partial charge in [-0.25, -0.2) is 13.4 Å². The lowest BCUT2D eigenvalue weighted by molar-refractivity contribution is 0.0730. The summed E-state index contributed by atoms with van der Waals surface area (Å²) in [6, 6.07) is 5.80. The van der Waals surface area contributed by atoms with Crippen LogP contribution in [0.3, 0.4) is 0 Å². The van der Waals surface area contributed by atoms with Gasteiger partial charge >= 0.3 is 0 Å². The van der Waals surface area contributed by atoms with Crippen molar-refractivity contribution in [3.05, 3.63) is 40.4 Å². The van der Waals surface area contributed by atoms with Crippen LogP contribution in [0.5, 0.6) is 0 Å². The first kappa shape index (κ1) is 19.2. The average molecular weight is 422 g/mol. The van der Waals surface area contributed by atoms with E-state index in [1.165, 1.54) is 39.9 Å². The summed E-state index contributed by atoms with van der Waals surface area (Å²) < 4.78 is 31.8. The van der Waals surface area contributed by atoms with Crippen LogP contribution in [0.1, 0.15) is 38.6 Å². The van der Waals surface area contributed by atoms with Gasteiger partial charge in [-0.15, -0.1) is 0 Å². The van der Waals surface area contributed by atoms with Crippen molar-refractivity contribution in [2.45, 2.75) is 24.2 Å². The Morgan fingerprint density at radius 2 is 1.86 bits per heavy atom. The number of sulfonamides is 1. The zero-order chi connectivity index (χ0) is 19.7. The number of carbonyl (C=O) groups is 2. The van der Waals surface area contributed by atoms with E-state index in [9.17, 15) is 18.0 Å². The van der Waals surface area contributed by atoms with Gasteiger partial charge in [0.1, 0.15) is 0 Å². The Kier molecular flexibility index (Phi) is 5.28. The average Bonchev–Trinajstić information content (AvgIpc) is 3.12. The number of nitrogens with zero attached hydrogens (tertiary/aromatic N) is 2. The van der Waals surface area contributed by atoms with E-state index in [4.69, 9.17) is 4.74 Å². The van der Waals surface area contributed by atoms with E-state index in [2.05, 4.69) is 10.3 Å². The van der Waals surface area contributed by atoms with E-state index in [1.807, 2.05) is 0 Å². The Labute approximate surface area is 166 Å². The molecule has 10 heteroatoms. The van der Waals surface area contributed by atoms with E-state index < -0.39 is 15.9 Å². The van der Waals surface area contributed by atoms with E-state index in [1.54, 1.807) is 0 Å². The maximum atomic E-state index is 12.6. The number of ether oxygens (including phenoxy) is 1. The van der Waals surface area contributed by atoms with Gasteiger partial charge in [-0.1, -0.05) is 11.3 Å². The molecule has 2 aromatic rings. The summed E-state index contributed by atoms with van der Waals surface area (Å²) in [5, 5.41) is 3.08. The molecule has 1 aromatic carbocycles. The Morgan fingerprint density at radius 1 is 1.14 bits per heavy atom. The second-order valence-electron chi connectivity index (χ2n) is 6.57. The van der Waals surface area contributed by atoms with Gasteiger partial charge in [0.25, 0.3) is 5.91 Å². The molecule has 2 heterocycles. The van der Waals surface area contributed by atoms with Crippen molar-refractivity contribution < 1.29 is 22.7 Å². The lowest BCUT2D eigenvalue weighted by Crippen LogP contribution is -2.40. The first-order valence-electron chi connectivity index (χ1n) is 8.97. The highest BCUT2D eigenvalue weighted by Crippen LogP contribution is 2.30. The molecular weight excluding hydrogens is 402 g/mol. The number of aryl methyl sites for hydroxylation is 1. The van der Waals surface area contributed by atoms with Crippen LogP contribution in [0.4, 0.5) is 5.13 Å². The normalized spacial score (nSPS) is 17.9. The third-order valence-corrected chi connectivity index (χ3v) is 7.68. The molecule has 2 aliphatic rings. The molecule has 0 bridgehead atoms. The lowest BCUT2D eigenvalue weighted by atomic mass is 10.0. The molecule has 1 aliphatic heterocycles. The summed E-state index contributed by atoms with van der Waals surface area (Å²) >= 11 is 1.19. The molecule has 0 atom stereocenters. The summed E-state index contributed by atoms with van der Waals surface area (Å²) in [7, 11) is -3.60. The highest BCUT2D eigenvalue weighted by molar-refractivity contribution is 7.89. The standard InChI is InChI=1S/C18H19N3O5S2/c22-15-3-1-2-14-16(15)27-18(19-14)20-17(23)12-4-6-13(7-5-12)28(24,25)21-8-10-26-11-9-21/h4-7H,1-3,8-11H2,(H,19,20,23). The number of anilines is 1.